The summed E-state index contributed by atoms with van der Waals surface area (Å²) < 4.78 is 0. The summed E-state index contributed by atoms with van der Waals surface area (Å²) in [4.78, 5) is 173. The molecule has 4 aromatic rings. The minimum absolute atomic E-state index is 0.0362. The van der Waals surface area contributed by atoms with Gasteiger partial charge in [0.15, 0.2) is 0 Å². The van der Waals surface area contributed by atoms with Crippen LogP contribution < -0.4 is 59.3 Å². The third-order valence-electron chi connectivity index (χ3n) is 15.8. The monoisotopic (exact) mass is 1270 g/mol. The molecule has 26 nitrogen and oxygen atoms in total. The van der Waals surface area contributed by atoms with Crippen LogP contribution in [0.4, 0.5) is 0 Å². The summed E-state index contributed by atoms with van der Waals surface area (Å²) in [5.41, 5.74) is 13.7. The lowest BCUT2D eigenvalue weighted by atomic mass is 9.99. The quantitative estimate of drug-likeness (QED) is 0.0597. The molecule has 0 aromatic heterocycles. The van der Waals surface area contributed by atoms with Crippen molar-refractivity contribution in [2.24, 2.45) is 23.3 Å². The van der Waals surface area contributed by atoms with Crippen molar-refractivity contribution in [3.8, 4) is 5.75 Å². The Bertz CT molecular complexity index is 3210. The Kier molecular flexibility index (Phi) is 27.2. The molecule has 4 aromatic carbocycles. The van der Waals surface area contributed by atoms with Gasteiger partial charge in [-0.25, -0.2) is 0 Å². The van der Waals surface area contributed by atoms with Gasteiger partial charge in [-0.1, -0.05) is 131 Å². The number of benzene rings is 4. The zero-order valence-electron chi connectivity index (χ0n) is 52.2. The number of fused-ring (bicyclic) bond motifs is 1. The van der Waals surface area contributed by atoms with Gasteiger partial charge in [0.1, 0.15) is 66.2 Å². The summed E-state index contributed by atoms with van der Waals surface area (Å²) in [6, 6.07) is 16.6. The van der Waals surface area contributed by atoms with Crippen LogP contribution in [0.1, 0.15) is 101 Å². The van der Waals surface area contributed by atoms with E-state index < -0.39 is 157 Å². The minimum Gasteiger partial charge on any atom is -0.508 e. The maximum Gasteiger partial charge on any atom is 0.303 e. The maximum absolute atomic E-state index is 15.1. The number of amides is 11. The summed E-state index contributed by atoms with van der Waals surface area (Å²) in [6.07, 6.45) is -2.21. The fourth-order valence-electron chi connectivity index (χ4n) is 10.9. The van der Waals surface area contributed by atoms with E-state index in [1.165, 1.54) is 29.2 Å². The molecule has 0 radical (unpaired) electrons. The lowest BCUT2D eigenvalue weighted by molar-refractivity contribution is -0.142. The molecule has 0 bridgehead atoms. The summed E-state index contributed by atoms with van der Waals surface area (Å²) in [7, 11) is 0. The van der Waals surface area contributed by atoms with Crippen molar-refractivity contribution in [2.45, 2.75) is 165 Å². The molecule has 2 aliphatic heterocycles. The third-order valence-corrected chi connectivity index (χ3v) is 15.8. The van der Waals surface area contributed by atoms with E-state index in [4.69, 9.17) is 11.5 Å². The number of carbonyl (C=O) groups excluding carboxylic acids is 11. The standard InChI is InChI=1S/C66H86N12O14/c1-38(2)32-47-59(85)76-52(36-42-20-12-7-13-21-42)66(92)78-31-15-23-53(78)64(90)75-49(34-41-18-10-6-11-19-41)61(87)73-48(33-40-16-8-5-9-17-40)60(86)74-51(37-54(68)80)62(88)69-46(28-29-55(81)82)58(84)72-50(35-43-24-26-44(79)27-25-43)63(89)77-56(39(3)4)65(91)70-45(22-14-30-67)57(83)71-47/h5-13,16-21,24-27,38-39,45-53,56,79H,14-15,22-23,28-37,67H2,1-4H3,(H2,68,80)(H,69,88)(H,70,91)(H,71,83)(H,72,84)(H,73,87)(H,74,86)(H,75,90)(H,76,85)(H,77,89)(H,81,82). The fraction of sp³-hybridized carbons (Fsp3) is 0.455. The maximum atomic E-state index is 15.1. The molecule has 6 rings (SSSR count). The second-order valence-electron chi connectivity index (χ2n) is 24.0. The topological polar surface area (TPSA) is 409 Å². The van der Waals surface area contributed by atoms with E-state index in [2.05, 4.69) is 47.9 Å². The van der Waals surface area contributed by atoms with E-state index in [1.807, 2.05) is 13.8 Å². The van der Waals surface area contributed by atoms with E-state index in [9.17, 15) is 63.0 Å². The van der Waals surface area contributed by atoms with Gasteiger partial charge in [0.25, 0.3) is 0 Å². The number of aliphatic carboxylic acids is 1. The Morgan fingerprint density at radius 1 is 0.489 bits per heavy atom. The predicted molar refractivity (Wildman–Crippen MR) is 338 cm³/mol. The van der Waals surface area contributed by atoms with Gasteiger partial charge in [-0.05, 0) is 91.3 Å². The van der Waals surface area contributed by atoms with Crippen molar-refractivity contribution in [1.29, 1.82) is 0 Å². The normalized spacial score (nSPS) is 23.9. The number of carboxylic acid groups (broad SMARTS) is 1. The van der Waals surface area contributed by atoms with E-state index in [0.717, 1.165) is 0 Å². The fourth-order valence-corrected chi connectivity index (χ4v) is 10.9. The number of carbonyl (C=O) groups is 12. The first kappa shape index (κ1) is 71.4. The van der Waals surface area contributed by atoms with Crippen LogP contribution in [0.15, 0.2) is 115 Å². The van der Waals surface area contributed by atoms with Crippen LogP contribution in [-0.4, -0.2) is 160 Å². The molecule has 10 atom stereocenters. The number of nitrogens with one attached hydrogen (secondary N) is 9. The zero-order chi connectivity index (χ0) is 67.0. The highest BCUT2D eigenvalue weighted by Crippen LogP contribution is 2.22. The molecule has 494 valence electrons. The lowest BCUT2D eigenvalue weighted by Gasteiger charge is -2.32. The molecule has 0 aliphatic carbocycles. The van der Waals surface area contributed by atoms with Crippen LogP contribution in [-0.2, 0) is 83.2 Å². The molecule has 0 saturated carbocycles. The second kappa shape index (κ2) is 35.0. The Morgan fingerprint density at radius 3 is 1.36 bits per heavy atom. The van der Waals surface area contributed by atoms with Crippen molar-refractivity contribution >= 4 is 70.9 Å². The van der Waals surface area contributed by atoms with Gasteiger partial charge in [0.05, 0.1) is 6.42 Å². The van der Waals surface area contributed by atoms with E-state index in [0.29, 0.717) is 28.7 Å². The number of rotatable bonds is 19. The van der Waals surface area contributed by atoms with Crippen molar-refractivity contribution in [2.75, 3.05) is 13.1 Å². The molecule has 15 N–H and O–H groups in total. The largest absolute Gasteiger partial charge is 0.508 e. The van der Waals surface area contributed by atoms with Gasteiger partial charge in [-0.3, -0.25) is 57.5 Å². The lowest BCUT2D eigenvalue weighted by Crippen LogP contribution is -2.62. The van der Waals surface area contributed by atoms with Crippen molar-refractivity contribution in [3.63, 3.8) is 0 Å². The van der Waals surface area contributed by atoms with Crippen molar-refractivity contribution in [3.05, 3.63) is 138 Å². The van der Waals surface area contributed by atoms with Crippen LogP contribution in [0.25, 0.3) is 0 Å². The highest BCUT2D eigenvalue weighted by molar-refractivity contribution is 6.00. The van der Waals surface area contributed by atoms with Crippen molar-refractivity contribution in [1.82, 2.24) is 52.8 Å². The Morgan fingerprint density at radius 2 is 0.880 bits per heavy atom. The smallest absolute Gasteiger partial charge is 0.303 e. The van der Waals surface area contributed by atoms with Crippen LogP contribution in [0.5, 0.6) is 5.75 Å². The summed E-state index contributed by atoms with van der Waals surface area (Å²) in [5, 5.41) is 44.0. The Balaban J connectivity index is 1.46. The molecule has 2 aliphatic rings. The van der Waals surface area contributed by atoms with Crippen LogP contribution in [0.3, 0.4) is 0 Å². The number of primary amides is 1. The zero-order valence-corrected chi connectivity index (χ0v) is 52.2. The molecule has 26 heteroatoms. The van der Waals surface area contributed by atoms with Gasteiger partial charge < -0.3 is 74.4 Å². The highest BCUT2D eigenvalue weighted by atomic mass is 16.4. The summed E-state index contributed by atoms with van der Waals surface area (Å²) in [6.45, 7) is 7.00. The average molecular weight is 1270 g/mol. The number of phenolic OH excluding ortho intramolecular Hbond substituents is 1. The second-order valence-corrected chi connectivity index (χ2v) is 24.0. The van der Waals surface area contributed by atoms with Gasteiger partial charge >= 0.3 is 5.97 Å². The number of hydrogen-bond donors (Lipinski definition) is 13. The number of hydrogen-bond acceptors (Lipinski definition) is 14. The molecule has 0 spiro atoms. The molecule has 2 saturated heterocycles. The molecule has 92 heavy (non-hydrogen) atoms. The van der Waals surface area contributed by atoms with Gasteiger partial charge in [0.2, 0.25) is 65.0 Å². The molecule has 2 fully saturated rings. The average Bonchev–Trinajstić information content (AvgIpc) is 1.56. The highest BCUT2D eigenvalue weighted by Gasteiger charge is 2.42. The predicted octanol–water partition coefficient (Wildman–Crippen LogP) is 0.212. The number of phenols is 1. The van der Waals surface area contributed by atoms with Gasteiger partial charge in [-0.15, -0.1) is 0 Å². The SMILES string of the molecule is CC(C)CC1NC(=O)C(CCCN)NC(=O)C(C(C)C)NC(=O)C(Cc2ccc(O)cc2)NC(=O)C(CCC(=O)O)NC(=O)C(CC(N)=O)NC(=O)C(Cc2ccccc2)NC(=O)C(Cc2ccccc2)NC(=O)C2CCCN2C(=O)C(Cc2ccccc2)NC1=O. The number of aromatic hydroxyl groups is 1. The molecular weight excluding hydrogens is 1180 g/mol. The van der Waals surface area contributed by atoms with Gasteiger partial charge in [0, 0.05) is 38.6 Å². The van der Waals surface area contributed by atoms with Gasteiger partial charge in [-0.2, -0.15) is 0 Å². The molecule has 10 unspecified atom stereocenters. The molecule has 2 heterocycles. The van der Waals surface area contributed by atoms with E-state index >= 15 is 4.79 Å². The van der Waals surface area contributed by atoms with Crippen LogP contribution in [0, 0.1) is 11.8 Å². The molecular formula is C66H86N12O14. The number of nitrogens with two attached hydrogens (primary N) is 2. The van der Waals surface area contributed by atoms with Crippen molar-refractivity contribution < 1.29 is 67.7 Å². The Labute approximate surface area is 534 Å². The third kappa shape index (κ3) is 22.0. The minimum atomic E-state index is -1.88. The summed E-state index contributed by atoms with van der Waals surface area (Å²) >= 11 is 0. The summed E-state index contributed by atoms with van der Waals surface area (Å²) in [5.74, 6) is -12.5. The molecule has 11 amide bonds. The Hall–Kier alpha value is -9.72. The first-order valence-corrected chi connectivity index (χ1v) is 31.0. The van der Waals surface area contributed by atoms with Crippen LogP contribution in [0.2, 0.25) is 0 Å². The number of nitrogens with zero attached hydrogens (tertiary/aromatic N) is 1. The van der Waals surface area contributed by atoms with Crippen LogP contribution >= 0.6 is 0 Å². The first-order chi connectivity index (χ1) is 43.9. The number of carboxylic acids is 1. The first-order valence-electron chi connectivity index (χ1n) is 31.0. The van der Waals surface area contributed by atoms with E-state index in [1.54, 1.807) is 105 Å². The van der Waals surface area contributed by atoms with E-state index in [-0.39, 0.29) is 76.1 Å².